The van der Waals surface area contributed by atoms with Crippen LogP contribution >= 0.6 is 0 Å². The third-order valence-electron chi connectivity index (χ3n) is 5.65. The summed E-state index contributed by atoms with van der Waals surface area (Å²) in [6.07, 6.45) is -0.433. The highest BCUT2D eigenvalue weighted by Crippen LogP contribution is 2.24. The number of nitrogens with one attached hydrogen (secondary N) is 2. The third-order valence-corrected chi connectivity index (χ3v) is 5.65. The summed E-state index contributed by atoms with van der Waals surface area (Å²) in [5.74, 6) is -0.792. The van der Waals surface area contributed by atoms with Crippen molar-refractivity contribution in [3.63, 3.8) is 0 Å². The molecule has 0 aliphatic carbocycles. The Kier molecular flexibility index (Phi) is 5.95. The molecule has 2 heterocycles. The number of hydrogen-bond donors (Lipinski definition) is 3. The zero-order chi connectivity index (χ0) is 22.8. The van der Waals surface area contributed by atoms with Gasteiger partial charge in [-0.3, -0.25) is 9.59 Å². The molecule has 0 bridgehead atoms. The van der Waals surface area contributed by atoms with E-state index in [-0.39, 0.29) is 49.4 Å². The Bertz CT molecular complexity index is 1010. The quantitative estimate of drug-likeness (QED) is 0.651. The number of amides is 4. The van der Waals surface area contributed by atoms with Gasteiger partial charge in [0.05, 0.1) is 13.1 Å². The van der Waals surface area contributed by atoms with E-state index in [1.807, 2.05) is 0 Å². The number of piperazine rings is 1. The maximum absolute atomic E-state index is 13.1. The Hall–Kier alpha value is -3.66. The van der Waals surface area contributed by atoms with Crippen molar-refractivity contribution in [2.45, 2.75) is 25.2 Å². The van der Waals surface area contributed by atoms with Crippen molar-refractivity contribution in [3.8, 4) is 5.75 Å². The van der Waals surface area contributed by atoms with Gasteiger partial charge in [0.2, 0.25) is 11.8 Å². The van der Waals surface area contributed by atoms with Crippen molar-refractivity contribution < 1.29 is 23.9 Å². The van der Waals surface area contributed by atoms with Gasteiger partial charge >= 0.3 is 6.03 Å². The van der Waals surface area contributed by atoms with E-state index in [0.29, 0.717) is 0 Å². The van der Waals surface area contributed by atoms with E-state index in [9.17, 15) is 23.9 Å². The second-order valence-electron chi connectivity index (χ2n) is 7.86. The molecule has 2 aliphatic heterocycles. The molecule has 2 fully saturated rings. The van der Waals surface area contributed by atoms with Crippen LogP contribution in [-0.4, -0.2) is 70.2 Å². The van der Waals surface area contributed by atoms with E-state index < -0.39 is 18.2 Å². The number of hydrogen-bond acceptors (Lipinski definition) is 5. The Morgan fingerprint density at radius 2 is 1.78 bits per heavy atom. The summed E-state index contributed by atoms with van der Waals surface area (Å²) in [4.78, 5) is 40.0. The van der Waals surface area contributed by atoms with Crippen LogP contribution in [0, 0.1) is 5.82 Å². The first-order valence-corrected chi connectivity index (χ1v) is 10.2. The van der Waals surface area contributed by atoms with Gasteiger partial charge < -0.3 is 20.6 Å². The molecule has 3 N–H and O–H groups in total. The molecule has 0 aromatic heterocycles. The van der Waals surface area contributed by atoms with Gasteiger partial charge in [0.15, 0.2) is 0 Å². The Balaban J connectivity index is 1.52. The molecule has 2 aromatic rings. The van der Waals surface area contributed by atoms with Crippen LogP contribution in [0.2, 0.25) is 0 Å². The fourth-order valence-corrected chi connectivity index (χ4v) is 4.07. The van der Waals surface area contributed by atoms with E-state index in [4.69, 9.17) is 0 Å². The highest BCUT2D eigenvalue weighted by Gasteiger charge is 2.48. The van der Waals surface area contributed by atoms with Gasteiger partial charge in [-0.25, -0.2) is 19.2 Å². The number of carbonyl (C=O) groups is 3. The summed E-state index contributed by atoms with van der Waals surface area (Å²) in [5, 5.41) is 18.0. The van der Waals surface area contributed by atoms with Crippen molar-refractivity contribution in [2.24, 2.45) is 0 Å². The second-order valence-corrected chi connectivity index (χ2v) is 7.86. The zero-order valence-corrected chi connectivity index (χ0v) is 17.5. The Labute approximate surface area is 184 Å². The van der Waals surface area contributed by atoms with E-state index in [0.717, 1.165) is 11.1 Å². The molecular weight excluding hydrogens is 417 g/mol. The SMILES string of the molecule is CN1CC(=O)N2[C@@H](Cc3ccc(O)cc3)C(=O)NC[C@@H]2N1C(=O)NCc1ccc(F)cc1. The monoisotopic (exact) mass is 441 g/mol. The minimum Gasteiger partial charge on any atom is -0.508 e. The fourth-order valence-electron chi connectivity index (χ4n) is 4.07. The number of hydrazine groups is 1. The first-order valence-electron chi connectivity index (χ1n) is 10.2. The summed E-state index contributed by atoms with van der Waals surface area (Å²) >= 11 is 0. The summed E-state index contributed by atoms with van der Waals surface area (Å²) in [6, 6.07) is 11.0. The molecule has 4 amide bonds. The van der Waals surface area contributed by atoms with Crippen LogP contribution < -0.4 is 10.6 Å². The second kappa shape index (κ2) is 8.83. The van der Waals surface area contributed by atoms with Crippen LogP contribution in [0.5, 0.6) is 5.75 Å². The van der Waals surface area contributed by atoms with Crippen molar-refractivity contribution in [1.82, 2.24) is 25.6 Å². The molecule has 10 heteroatoms. The van der Waals surface area contributed by atoms with Gasteiger partial charge in [-0.05, 0) is 35.4 Å². The number of aromatic hydroxyl groups is 1. The number of phenols is 1. The molecule has 2 saturated heterocycles. The smallest absolute Gasteiger partial charge is 0.334 e. The molecule has 4 rings (SSSR count). The molecule has 0 unspecified atom stereocenters. The lowest BCUT2D eigenvalue weighted by Crippen LogP contribution is -2.75. The summed E-state index contributed by atoms with van der Waals surface area (Å²) in [5.41, 5.74) is 1.51. The summed E-state index contributed by atoms with van der Waals surface area (Å²) in [6.45, 7) is 0.234. The maximum Gasteiger partial charge on any atom is 0.334 e. The van der Waals surface area contributed by atoms with Crippen molar-refractivity contribution in [3.05, 3.63) is 65.5 Å². The summed E-state index contributed by atoms with van der Waals surface area (Å²) < 4.78 is 13.1. The average molecular weight is 441 g/mol. The zero-order valence-electron chi connectivity index (χ0n) is 17.5. The number of likely N-dealkylation sites (N-methyl/N-ethyl adjacent to an activating group) is 1. The predicted octanol–water partition coefficient (Wildman–Crippen LogP) is 0.799. The predicted molar refractivity (Wildman–Crippen MR) is 112 cm³/mol. The van der Waals surface area contributed by atoms with Crippen molar-refractivity contribution in [2.75, 3.05) is 20.1 Å². The number of urea groups is 1. The van der Waals surface area contributed by atoms with Gasteiger partial charge in [-0.2, -0.15) is 0 Å². The average Bonchev–Trinajstić information content (AvgIpc) is 2.76. The fraction of sp³-hybridized carbons (Fsp3) is 0.318. The largest absolute Gasteiger partial charge is 0.508 e. The number of fused-ring (bicyclic) bond motifs is 1. The summed E-state index contributed by atoms with van der Waals surface area (Å²) in [7, 11) is 1.64. The van der Waals surface area contributed by atoms with Crippen LogP contribution in [-0.2, 0) is 22.6 Å². The lowest BCUT2D eigenvalue weighted by molar-refractivity contribution is -0.176. The normalized spacial score (nSPS) is 21.2. The molecule has 9 nitrogen and oxygen atoms in total. The first-order chi connectivity index (χ1) is 15.3. The van der Waals surface area contributed by atoms with Crippen LogP contribution in [0.15, 0.2) is 48.5 Å². The third kappa shape index (κ3) is 4.35. The molecule has 2 aliphatic rings. The van der Waals surface area contributed by atoms with Gasteiger partial charge in [0.25, 0.3) is 0 Å². The van der Waals surface area contributed by atoms with E-state index in [2.05, 4.69) is 10.6 Å². The van der Waals surface area contributed by atoms with Gasteiger partial charge in [0.1, 0.15) is 23.8 Å². The molecule has 168 valence electrons. The molecule has 32 heavy (non-hydrogen) atoms. The highest BCUT2D eigenvalue weighted by atomic mass is 19.1. The van der Waals surface area contributed by atoms with Crippen LogP contribution in [0.25, 0.3) is 0 Å². The number of rotatable bonds is 4. The maximum atomic E-state index is 13.1. The Morgan fingerprint density at radius 1 is 1.12 bits per heavy atom. The Morgan fingerprint density at radius 3 is 2.47 bits per heavy atom. The van der Waals surface area contributed by atoms with E-state index in [1.54, 1.807) is 31.3 Å². The van der Waals surface area contributed by atoms with Crippen LogP contribution in [0.1, 0.15) is 11.1 Å². The lowest BCUT2D eigenvalue weighted by atomic mass is 10.00. The minimum atomic E-state index is -0.785. The number of halogens is 1. The molecule has 0 saturated carbocycles. The van der Waals surface area contributed by atoms with Gasteiger partial charge in [-0.1, -0.05) is 24.3 Å². The highest BCUT2D eigenvalue weighted by molar-refractivity contribution is 5.91. The van der Waals surface area contributed by atoms with Crippen molar-refractivity contribution >= 4 is 17.8 Å². The molecule has 2 aromatic carbocycles. The molecular formula is C22H24FN5O4. The van der Waals surface area contributed by atoms with Gasteiger partial charge in [0, 0.05) is 20.0 Å². The standard InChI is InChI=1S/C22H24FN5O4/c1-26-13-20(30)27-18(10-14-4-8-17(29)9-5-14)21(31)24-12-19(27)28(26)22(32)25-11-15-2-6-16(23)7-3-15/h2-9,18-19,29H,10-13H2,1H3,(H,24,31)(H,25,32)/t18-,19-/m0/s1. The number of benzene rings is 2. The minimum absolute atomic E-state index is 0.0557. The molecule has 0 spiro atoms. The lowest BCUT2D eigenvalue weighted by Gasteiger charge is -2.52. The van der Waals surface area contributed by atoms with Gasteiger partial charge in [-0.15, -0.1) is 0 Å². The number of phenolic OH excluding ortho intramolecular Hbond substituents is 1. The topological polar surface area (TPSA) is 105 Å². The van der Waals surface area contributed by atoms with E-state index in [1.165, 1.54) is 39.2 Å². The van der Waals surface area contributed by atoms with Crippen LogP contribution in [0.4, 0.5) is 9.18 Å². The molecule has 0 radical (unpaired) electrons. The first kappa shape index (κ1) is 21.6. The van der Waals surface area contributed by atoms with Crippen molar-refractivity contribution in [1.29, 1.82) is 0 Å². The molecule has 2 atom stereocenters. The van der Waals surface area contributed by atoms with Crippen LogP contribution in [0.3, 0.4) is 0 Å². The number of carbonyl (C=O) groups excluding carboxylic acids is 3. The van der Waals surface area contributed by atoms with E-state index >= 15 is 0 Å². The number of nitrogens with zero attached hydrogens (tertiary/aromatic N) is 3.